The van der Waals surface area contributed by atoms with Crippen LogP contribution < -0.4 is 34.3 Å². The normalized spacial score (nSPS) is 28.4. The Morgan fingerprint density at radius 2 is 0.830 bits per heavy atom. The van der Waals surface area contributed by atoms with Gasteiger partial charge in [-0.3, -0.25) is 19.2 Å². The van der Waals surface area contributed by atoms with E-state index in [-0.39, 0.29) is 146 Å². The molecule has 0 spiro atoms. The first-order valence-corrected chi connectivity index (χ1v) is 48.3. The maximum absolute atomic E-state index is 14.2. The Hall–Kier alpha value is -8.97. The molecule has 3 aromatic heterocycles. The standard InChI is InChI=1S/C34H44F3N4O6.C33H42F3N4O6.C32H42N3O6.CHF3.3V/c1-6-22-26(19-42)41-18-27(22)45-29-24(38-23-15-14-21(17-25(23)39-29)46-34(35,36)37)13-9-7-8-11-20-12-10-16-33(20,5)47-31(44)40-28(30(41)43)32(2,3)4;1-5-21-25(18-41)40-17-27(21)44-29-23(37-22-15-14-20(16-24(22)38-29)46-33(34,35)36)12-8-6-7-10-19-11-9-13-26(19)45-31(43)39-28(30(40)42)32(2,3)4;1-6-21-26(18-36)35-17-27(21)40-29-24(33-23-13-12-20(37)14-25(23)34-29)11-9-7-8-10-19-16-32(19,5)41-28(38)15-22(30(35)39)31(2,3)4;2-1(3)4;;;/h14-15,17,20,22,26-28H,6-13,16,18H2,1-5H3,(H,40,44);14-16,19,21,25-28H,5-13,17H2,1-4H3,(H,39,43);12-14,19,21-22,26-27,37H,6-11,15-17H2,1-5H3;1H;;;/q3*-1;;;;/t20-,22+,26-,27+,28-,33-;19-,21+,25-,26-,27+,28-;19-,21+,22-,26-,27+,32-;;;;/m111..../s1. The van der Waals surface area contributed by atoms with Crippen molar-refractivity contribution in [3.63, 3.8) is 0 Å². The molecule has 0 unspecified atom stereocenters. The third-order valence-electron chi connectivity index (χ3n) is 28.5. The molecule has 6 aromatic rings. The molecule has 41 heteroatoms. The first kappa shape index (κ1) is 116. The topological polar surface area (TPSA) is 359 Å². The second-order valence-electron chi connectivity index (χ2n) is 41.5. The Labute approximate surface area is 852 Å². The summed E-state index contributed by atoms with van der Waals surface area (Å²) in [5.74, 6) is -2.84. The zero-order chi connectivity index (χ0) is 100. The molecular weight excluding hydrogens is 1970 g/mol. The number of hydrogen-bond acceptors (Lipinski definition) is 24. The number of alkyl carbamates (subject to hydrolysis) is 2. The molecule has 3 radical (unpaired) electrons. The molecule has 3 saturated carbocycles. The number of carbonyl (C=O) groups excluding carboxylic acids is 9. The molecule has 15 rings (SSSR count). The van der Waals surface area contributed by atoms with Crippen LogP contribution in [0.2, 0.25) is 0 Å². The van der Waals surface area contributed by atoms with Crippen LogP contribution in [0.5, 0.6) is 34.9 Å². The molecule has 3 aromatic carbocycles. The number of halogens is 9. The van der Waals surface area contributed by atoms with Crippen LogP contribution in [0.15, 0.2) is 54.6 Å². The first-order valence-electron chi connectivity index (χ1n) is 48.3. The maximum Gasteiger partial charge on any atom is 0.573 e. The van der Waals surface area contributed by atoms with Crippen LogP contribution in [0.1, 0.15) is 262 Å². The number of hydrogen-bond donors (Lipinski definition) is 3. The number of amides is 5. The first-order chi connectivity index (χ1) is 65.0. The molecule has 6 bridgehead atoms. The number of phenolic OH excluding ortho intramolecular Hbond substituents is 1. The molecule has 3 aliphatic carbocycles. The second kappa shape index (κ2) is 48.8. The summed E-state index contributed by atoms with van der Waals surface area (Å²) in [6.07, 6.45) is 12.9. The number of benzene rings is 3. The van der Waals surface area contributed by atoms with Gasteiger partial charge in [-0.1, -0.05) is 159 Å². The van der Waals surface area contributed by atoms with Gasteiger partial charge in [0.2, 0.25) is 35.4 Å². The van der Waals surface area contributed by atoms with Crippen molar-refractivity contribution in [1.82, 2.24) is 55.2 Å². The van der Waals surface area contributed by atoms with Gasteiger partial charge in [0.05, 0.1) is 65.1 Å². The average molecular weight is 2100 g/mol. The quantitative estimate of drug-likeness (QED) is 0.0551. The Morgan fingerprint density at radius 1 is 0.447 bits per heavy atom. The predicted octanol–water partition coefficient (Wildman–Crippen LogP) is 18.6. The zero-order valence-corrected chi connectivity index (χ0v) is 86.4. The van der Waals surface area contributed by atoms with Gasteiger partial charge >= 0.3 is 37.6 Å². The number of nitrogens with zero attached hydrogens (tertiary/aromatic N) is 9. The van der Waals surface area contributed by atoms with E-state index in [2.05, 4.69) is 36.4 Å². The van der Waals surface area contributed by atoms with Crippen molar-refractivity contribution in [1.29, 1.82) is 0 Å². The Bertz CT molecular complexity index is 5330. The molecule has 773 valence electrons. The van der Waals surface area contributed by atoms with Crippen LogP contribution in [0.25, 0.3) is 33.1 Å². The Morgan fingerprint density at radius 3 is 1.23 bits per heavy atom. The van der Waals surface area contributed by atoms with Crippen molar-refractivity contribution < 1.29 is 181 Å². The molecule has 5 amide bonds. The van der Waals surface area contributed by atoms with E-state index in [0.717, 1.165) is 140 Å². The summed E-state index contributed by atoms with van der Waals surface area (Å²) in [5, 5.41) is 15.7. The number of aryl methyl sites for hydroxylation is 3. The summed E-state index contributed by atoms with van der Waals surface area (Å²) in [5.41, 5.74) is 0.986. The number of rotatable bonds is 8. The van der Waals surface area contributed by atoms with Gasteiger partial charge in [-0.15, -0.1) is 26.3 Å². The molecule has 141 heavy (non-hydrogen) atoms. The number of aromatic nitrogens is 6. The molecule has 3 N–H and O–H groups in total. The average Bonchev–Trinajstić information content (AvgIpc) is 1.58. The summed E-state index contributed by atoms with van der Waals surface area (Å²) in [6.45, 7) is 23.0. The number of esters is 1. The fraction of sp³-hybridized carbons (Fsp3) is 0.670. The minimum atomic E-state index is -4.87. The van der Waals surface area contributed by atoms with Gasteiger partial charge in [0.25, 0.3) is 0 Å². The van der Waals surface area contributed by atoms with Crippen LogP contribution in [-0.2, 0) is 123 Å². The smallest absolute Gasteiger partial charge is 0.540 e. The van der Waals surface area contributed by atoms with Crippen molar-refractivity contribution in [3.05, 3.63) is 71.7 Å². The Balaban J connectivity index is 0.000000230. The van der Waals surface area contributed by atoms with Crippen molar-refractivity contribution in [2.75, 3.05) is 19.6 Å². The molecule has 18 atom stereocenters. The van der Waals surface area contributed by atoms with Gasteiger partial charge in [-0.05, 0) is 199 Å². The van der Waals surface area contributed by atoms with Gasteiger partial charge in [0.15, 0.2) is 0 Å². The van der Waals surface area contributed by atoms with E-state index in [1.807, 2.05) is 110 Å². The third kappa shape index (κ3) is 29.5. The van der Waals surface area contributed by atoms with Crippen LogP contribution >= 0.6 is 0 Å². The minimum absolute atomic E-state index is 0. The summed E-state index contributed by atoms with van der Waals surface area (Å²) in [6, 6.07) is 7.76. The maximum atomic E-state index is 14.2. The largest absolute Gasteiger partial charge is 0.573 e. The van der Waals surface area contributed by atoms with Gasteiger partial charge < -0.3 is 82.7 Å². The molecule has 3 saturated heterocycles. The molecular formula is C100H129F9N11O18V3-3. The number of fused-ring (bicyclic) bond motifs is 15. The summed E-state index contributed by atoms with van der Waals surface area (Å²) < 4.78 is 152. The molecule has 6 aliphatic heterocycles. The van der Waals surface area contributed by atoms with E-state index in [0.29, 0.717) is 83.8 Å². The van der Waals surface area contributed by atoms with Gasteiger partial charge in [0.1, 0.15) is 82.0 Å². The van der Waals surface area contributed by atoms with Crippen molar-refractivity contribution in [2.24, 2.45) is 57.7 Å². The number of nitrogens with one attached hydrogen (secondary N) is 2. The molecule has 29 nitrogen and oxygen atoms in total. The van der Waals surface area contributed by atoms with Crippen molar-refractivity contribution in [3.8, 4) is 34.9 Å². The van der Waals surface area contributed by atoms with E-state index < -0.39 is 149 Å². The number of alkyl halides is 9. The fourth-order valence-electron chi connectivity index (χ4n) is 20.9. The van der Waals surface area contributed by atoms with Crippen molar-refractivity contribution >= 4 is 87.8 Å². The predicted molar refractivity (Wildman–Crippen MR) is 488 cm³/mol. The second-order valence-corrected chi connectivity index (χ2v) is 41.5. The summed E-state index contributed by atoms with van der Waals surface area (Å²) in [4.78, 5) is 152. The third-order valence-corrected chi connectivity index (χ3v) is 28.5. The fourth-order valence-corrected chi connectivity index (χ4v) is 20.9. The van der Waals surface area contributed by atoms with Crippen LogP contribution in [-0.4, -0.2) is 209 Å². The number of phenols is 1. The SMILES string of the molecule is CC[C@@H]1[C@@H]2CN(C(=O)[C@H](C(C)(C)C)CC(=O)O[C@]3(C)C[C@H]3CCCCCc3nc4ccc(O)cc4nc3O2)[C@@H]1[C-]=O.CC[C@@H]1[C@@H]2CN(C(=O)[C@H](C(C)(C)C)NC(=O)O[C@@H]3CCC[C@H]3CCCCCc3nc4ccc(OC(F)(F)F)cc4nc3O2)[C@@H]1[C-]=O.CC[C@@H]1[C@@H]2CN(C(=O)[C@H](C(C)(C)C)NC(=O)O[C@]3(C)CCC[C@H]3CCCCCc3nc4ccc(OC(F)(F)F)cc4nc3O2)[C@@H]1[C-]=O.FC(F)F.[V].[V].[V]. The van der Waals surface area contributed by atoms with Crippen LogP contribution in [0, 0.1) is 57.7 Å². The van der Waals surface area contributed by atoms with E-state index in [1.54, 1.807) is 23.1 Å². The van der Waals surface area contributed by atoms with Crippen LogP contribution in [0.3, 0.4) is 0 Å². The van der Waals surface area contributed by atoms with E-state index >= 15 is 0 Å². The number of ether oxygens (including phenoxy) is 8. The van der Waals surface area contributed by atoms with E-state index in [9.17, 15) is 87.8 Å². The molecule has 9 heterocycles. The number of carbonyl (C=O) groups is 6. The van der Waals surface area contributed by atoms with Gasteiger partial charge in [-0.25, -0.2) is 58.4 Å². The summed E-state index contributed by atoms with van der Waals surface area (Å²) >= 11 is 0. The molecule has 9 aliphatic rings. The Kier molecular flexibility index (Phi) is 40.0. The van der Waals surface area contributed by atoms with E-state index in [1.165, 1.54) is 34.1 Å². The van der Waals surface area contributed by atoms with Crippen molar-refractivity contribution in [2.45, 2.75) is 349 Å². The minimum Gasteiger partial charge on any atom is -0.540 e. The van der Waals surface area contributed by atoms with Crippen LogP contribution in [0.4, 0.5) is 49.1 Å². The zero-order valence-electron chi connectivity index (χ0n) is 82.2. The van der Waals surface area contributed by atoms with E-state index in [4.69, 9.17) is 48.4 Å². The van der Waals surface area contributed by atoms with Gasteiger partial charge in [-0.2, -0.15) is 13.2 Å². The number of aromatic hydroxyl groups is 1. The summed E-state index contributed by atoms with van der Waals surface area (Å²) in [7, 11) is 0. The molecule has 6 fully saturated rings. The monoisotopic (exact) mass is 2100 g/mol. The van der Waals surface area contributed by atoms with Gasteiger partial charge in [0, 0.05) is 79.8 Å².